The van der Waals surface area contributed by atoms with Crippen molar-refractivity contribution < 1.29 is 0 Å². The number of halogens is 7. The zero-order chi connectivity index (χ0) is 25.0. The molecule has 0 saturated carbocycles. The van der Waals surface area contributed by atoms with Crippen LogP contribution in [0.3, 0.4) is 0 Å². The summed E-state index contributed by atoms with van der Waals surface area (Å²) in [6.07, 6.45) is 0. The second kappa shape index (κ2) is 335. The van der Waals surface area contributed by atoms with E-state index in [9.17, 15) is 0 Å². The molecule has 0 fully saturated rings. The van der Waals surface area contributed by atoms with Gasteiger partial charge in [-0.1, -0.05) is 111 Å². The molecule has 0 nitrogen and oxygen atoms in total. The number of hydrogen-bond acceptors (Lipinski definition) is 0. The molecule has 0 amide bonds. The van der Waals surface area contributed by atoms with Crippen LogP contribution in [-0.2, 0) is 0 Å². The van der Waals surface area contributed by atoms with Crippen molar-refractivity contribution in [2.45, 2.75) is 111 Å². The summed E-state index contributed by atoms with van der Waals surface area (Å²) in [7, 11) is 0. The van der Waals surface area contributed by atoms with E-state index < -0.39 is 143 Å². The summed E-state index contributed by atoms with van der Waals surface area (Å²) >= 11 is -7.68. The average molecular weight is 1480 g/mol. The van der Waals surface area contributed by atoms with Crippen LogP contribution in [0.15, 0.2) is 0 Å². The molecular formula is C22H102I7P7. The van der Waals surface area contributed by atoms with Gasteiger partial charge in [-0.05, 0) is 0 Å². The second-order valence-corrected chi connectivity index (χ2v) is 30.7. The molecule has 274 valence electrons. The molecule has 7 atom stereocenters. The summed E-state index contributed by atoms with van der Waals surface area (Å²) in [4.78, 5) is 13.7. The molecule has 0 aliphatic rings. The fourth-order valence-corrected chi connectivity index (χ4v) is 0. The van der Waals surface area contributed by atoms with Crippen molar-refractivity contribution >= 4 is 191 Å². The fourth-order valence-electron chi connectivity index (χ4n) is 0. The molecule has 0 bridgehead atoms. The Labute approximate surface area is 335 Å². The predicted molar refractivity (Wildman–Crippen MR) is 318 cm³/mol. The van der Waals surface area contributed by atoms with E-state index >= 15 is 0 Å². The van der Waals surface area contributed by atoms with Gasteiger partial charge in [-0.2, -0.15) is 0 Å². The summed E-state index contributed by atoms with van der Waals surface area (Å²) in [5.74, 6) is 0. The molecule has 0 aromatic heterocycles. The molecule has 0 saturated heterocycles. The van der Waals surface area contributed by atoms with Crippen molar-refractivity contribution in [3.63, 3.8) is 0 Å². The van der Waals surface area contributed by atoms with E-state index in [4.69, 9.17) is 4.16 Å². The Bertz CT molecular complexity index is 169. The molecule has 0 N–H and O–H groups in total. The first-order valence-electron chi connectivity index (χ1n) is 6.82. The van der Waals surface area contributed by atoms with Gasteiger partial charge in [-0.15, -0.1) is 0 Å². The summed E-state index contributed by atoms with van der Waals surface area (Å²) in [6, 6.07) is 0. The maximum absolute atomic E-state index is 6.70. The van der Waals surface area contributed by atoms with Gasteiger partial charge in [0.1, 0.15) is 0 Å². The Kier molecular flexibility index (Phi) is 899. The van der Waals surface area contributed by atoms with Crippen molar-refractivity contribution in [1.29, 1.82) is 4.16 Å². The molecule has 0 aromatic carbocycles. The quantitative estimate of drug-likeness (QED) is 0.129. The van der Waals surface area contributed by atoms with Crippen LogP contribution < -0.4 is 0 Å². The number of hydrogen-bond donors (Lipinski definition) is 0. The molecule has 0 heterocycles. The Morgan fingerprint density at radius 2 is 0.250 bits per heavy atom. The fraction of sp³-hybridized carbons (Fsp3) is 1.00. The number of rotatable bonds is 0. The molecule has 36 heavy (non-hydrogen) atoms. The van der Waals surface area contributed by atoms with Gasteiger partial charge >= 0.3 is 230 Å². The molecule has 0 radical (unpaired) electrons. The summed E-state index contributed by atoms with van der Waals surface area (Å²) in [6.45, 7) is 17.4. The molecule has 0 aliphatic carbocycles. The van der Waals surface area contributed by atoms with Crippen LogP contribution in [0, 0.1) is 0 Å². The van der Waals surface area contributed by atoms with E-state index in [1.807, 2.05) is 34.5 Å². The Balaban J connectivity index is -0.00000000565. The molecule has 0 aromatic rings. The minimum atomic E-state index is -1.10. The van der Waals surface area contributed by atoms with Gasteiger partial charge in [-0.3, -0.25) is 0 Å². The van der Waals surface area contributed by atoms with Crippen molar-refractivity contribution in [2.24, 2.45) is 0 Å². The Morgan fingerprint density at radius 1 is 0.250 bits per heavy atom. The van der Waals surface area contributed by atoms with Crippen LogP contribution >= 0.6 is 191 Å². The Hall–Kier alpha value is 8.12. The van der Waals surface area contributed by atoms with Gasteiger partial charge < -0.3 is 0 Å². The minimum absolute atomic E-state index is 0. The first kappa shape index (κ1) is 96.7. The molecule has 14 heteroatoms. The van der Waals surface area contributed by atoms with Gasteiger partial charge in [0.05, 0.1) is 0 Å². The van der Waals surface area contributed by atoms with Gasteiger partial charge in [-0.25, -0.2) is 0 Å². The van der Waals surface area contributed by atoms with Crippen LogP contribution in [0.5, 0.6) is 0 Å². The molecule has 0 aliphatic heterocycles. The SMILES string of the molecule is C.C.C.C.C.C.C.C.C.C.C.C.C.C.C.[2H]I(C)P.[2H]I(C)P.[2H]I(C)P.[2H]I(C)P.[2H]I(C)P.[2H]I(C)P.[2H]I(C)P. The van der Waals surface area contributed by atoms with Gasteiger partial charge in [0.2, 0.25) is 0 Å². The third kappa shape index (κ3) is 1080. The monoisotopic (exact) mass is 1480 g/mol. The van der Waals surface area contributed by atoms with Crippen LogP contribution in [0.1, 0.15) is 111 Å². The van der Waals surface area contributed by atoms with Crippen molar-refractivity contribution in [3.8, 4) is 0 Å². The molecule has 7 unspecified atom stereocenters. The normalized spacial score (nSPS) is 8.94. The molecule has 0 spiro atoms. The van der Waals surface area contributed by atoms with E-state index in [1.165, 1.54) is 0 Å². The van der Waals surface area contributed by atoms with Crippen LogP contribution in [-0.4, -0.2) is 38.7 Å². The first-order valence-corrected chi connectivity index (χ1v) is 48.5. The predicted octanol–water partition coefficient (Wildman–Crippen LogP) is 17.3. The topological polar surface area (TPSA) is 0 Å². The van der Waals surface area contributed by atoms with Crippen LogP contribution in [0.4, 0.5) is 0 Å². The van der Waals surface area contributed by atoms with Gasteiger partial charge in [0, 0.05) is 0 Å². The first-order chi connectivity index (χ1) is 12.1. The van der Waals surface area contributed by atoms with Crippen LogP contribution in [0.2, 0.25) is 0 Å². The van der Waals surface area contributed by atoms with Crippen LogP contribution in [0.25, 0.3) is 0 Å². The molecular weight excluding hydrogens is 1370 g/mol. The Morgan fingerprint density at radius 3 is 0.250 bits per heavy atom. The van der Waals surface area contributed by atoms with Crippen molar-refractivity contribution in [3.05, 3.63) is 0 Å². The number of alkyl halides is 7. The van der Waals surface area contributed by atoms with E-state index in [2.05, 4.69) is 48.2 Å². The van der Waals surface area contributed by atoms with Gasteiger partial charge in [0.25, 0.3) is 0 Å². The summed E-state index contributed by atoms with van der Waals surface area (Å²) < 4.78 is 46.9. The van der Waals surface area contributed by atoms with Crippen molar-refractivity contribution in [2.75, 3.05) is 34.5 Å². The van der Waals surface area contributed by atoms with E-state index in [0.717, 1.165) is 0 Å². The van der Waals surface area contributed by atoms with E-state index in [-0.39, 0.29) is 111 Å². The zero-order valence-electron chi connectivity index (χ0n) is 20.7. The van der Waals surface area contributed by atoms with Crippen molar-refractivity contribution in [1.82, 2.24) is 0 Å². The van der Waals surface area contributed by atoms with Gasteiger partial charge in [0.15, 0.2) is 0 Å². The summed E-state index contributed by atoms with van der Waals surface area (Å²) in [5, 5.41) is 0. The zero-order valence-corrected chi connectivity index (χ0v) is 36.9. The van der Waals surface area contributed by atoms with E-state index in [1.54, 1.807) is 0 Å². The third-order valence-corrected chi connectivity index (χ3v) is 0. The average Bonchev–Trinajstić information content (AvgIpc) is 2.20. The third-order valence-electron chi connectivity index (χ3n) is 0. The standard InChI is InChI=1S/7CH6IP.15CH4/c7*1-2-3;;;;;;;;;;;;;;;/h7*2H,3H2,1H3;15*1H4/i7*2D;;;;;;;;;;;;;;;. The molecule has 0 rings (SSSR count). The summed E-state index contributed by atoms with van der Waals surface area (Å²) in [5.41, 5.74) is 0. The van der Waals surface area contributed by atoms with E-state index in [0.29, 0.717) is 0 Å². The maximum atomic E-state index is 6.70. The second-order valence-electron chi connectivity index (χ2n) is 1.53.